The molecule has 156 valence electrons. The van der Waals surface area contributed by atoms with Crippen molar-refractivity contribution >= 4 is 30.9 Å². The van der Waals surface area contributed by atoms with Gasteiger partial charge >= 0.3 is 5.97 Å². The lowest BCUT2D eigenvalue weighted by Crippen LogP contribution is -2.30. The molecule has 0 spiro atoms. The minimum Gasteiger partial charge on any atom is -0.481 e. The number of rotatable bonds is 11. The number of carbonyl (C=O) groups is 2. The Morgan fingerprint density at radius 3 is 2.07 bits per heavy atom. The number of carbonyl (C=O) groups excluding carboxylic acids is 1. The molecule has 0 bridgehead atoms. The fourth-order valence-corrected chi connectivity index (χ4v) is 3.51. The van der Waals surface area contributed by atoms with Crippen molar-refractivity contribution in [2.24, 2.45) is 0 Å². The molecule has 0 aromatic heterocycles. The number of benzene rings is 2. The van der Waals surface area contributed by atoms with Gasteiger partial charge in [-0.1, -0.05) is 67.8 Å². The molecule has 0 heterocycles. The number of amides is 1. The van der Waals surface area contributed by atoms with Crippen molar-refractivity contribution in [2.45, 2.75) is 57.9 Å². The quantitative estimate of drug-likeness (QED) is 0.392. The molecule has 30 heavy (non-hydrogen) atoms. The minimum absolute atomic E-state index is 0.0904. The standard InChI is InChI=1S/C24H29BN2O3/c1-3-16(4-2)17-5-7-19(8-6-17)22(27-23(28)13-14-24(29)30)15-21(26)18-9-11-20(25)12-10-18/h5-12,16,22,26H,3-4,13-15H2,1-2H3,(H,27,28)(H,29,30). The second-order valence-electron chi connectivity index (χ2n) is 7.50. The van der Waals surface area contributed by atoms with Gasteiger partial charge in [-0.05, 0) is 35.4 Å². The first-order chi connectivity index (χ1) is 14.3. The highest BCUT2D eigenvalue weighted by Crippen LogP contribution is 2.26. The average molecular weight is 404 g/mol. The Bertz CT molecular complexity index is 859. The van der Waals surface area contributed by atoms with Gasteiger partial charge in [-0.3, -0.25) is 9.59 Å². The Kier molecular flexibility index (Phi) is 8.84. The Morgan fingerprint density at radius 2 is 1.53 bits per heavy atom. The van der Waals surface area contributed by atoms with Crippen molar-refractivity contribution in [3.63, 3.8) is 0 Å². The molecule has 1 amide bonds. The lowest BCUT2D eigenvalue weighted by molar-refractivity contribution is -0.138. The van der Waals surface area contributed by atoms with Gasteiger partial charge in [0.2, 0.25) is 5.91 Å². The fraction of sp³-hybridized carbons (Fsp3) is 0.375. The van der Waals surface area contributed by atoms with Gasteiger partial charge in [0.05, 0.1) is 12.5 Å². The summed E-state index contributed by atoms with van der Waals surface area (Å²) in [5.41, 5.74) is 3.90. The van der Waals surface area contributed by atoms with Crippen LogP contribution in [0.15, 0.2) is 48.5 Å². The maximum atomic E-state index is 12.3. The lowest BCUT2D eigenvalue weighted by Gasteiger charge is -2.21. The van der Waals surface area contributed by atoms with Crippen LogP contribution in [0.5, 0.6) is 0 Å². The van der Waals surface area contributed by atoms with Crippen LogP contribution in [0, 0.1) is 5.41 Å². The van der Waals surface area contributed by atoms with E-state index in [1.54, 1.807) is 24.3 Å². The molecule has 2 aromatic carbocycles. The molecule has 1 unspecified atom stereocenters. The molecule has 0 aliphatic carbocycles. The molecule has 6 heteroatoms. The van der Waals surface area contributed by atoms with Crippen LogP contribution in [0.25, 0.3) is 0 Å². The monoisotopic (exact) mass is 404 g/mol. The molecule has 0 fully saturated rings. The summed E-state index contributed by atoms with van der Waals surface area (Å²) in [5, 5.41) is 20.2. The molecule has 5 nitrogen and oxygen atoms in total. The summed E-state index contributed by atoms with van der Waals surface area (Å²) in [7, 11) is 5.73. The summed E-state index contributed by atoms with van der Waals surface area (Å²) in [6.07, 6.45) is 2.11. The maximum Gasteiger partial charge on any atom is 0.303 e. The van der Waals surface area contributed by atoms with E-state index < -0.39 is 12.0 Å². The summed E-state index contributed by atoms with van der Waals surface area (Å²) >= 11 is 0. The largest absolute Gasteiger partial charge is 0.481 e. The van der Waals surface area contributed by atoms with E-state index in [0.29, 0.717) is 23.5 Å². The number of aliphatic carboxylic acids is 1. The van der Waals surface area contributed by atoms with E-state index in [1.165, 1.54) is 5.56 Å². The van der Waals surface area contributed by atoms with Gasteiger partial charge in [0.15, 0.2) is 0 Å². The Morgan fingerprint density at radius 1 is 0.967 bits per heavy atom. The van der Waals surface area contributed by atoms with Gasteiger partial charge < -0.3 is 15.8 Å². The SMILES string of the molecule is [B]c1ccc(C(=N)CC(NC(=O)CCC(=O)O)c2ccc(C(CC)CC)cc2)cc1. The van der Waals surface area contributed by atoms with E-state index in [2.05, 4.69) is 31.3 Å². The number of carboxylic acids is 1. The summed E-state index contributed by atoms with van der Waals surface area (Å²) in [4.78, 5) is 23.1. The number of hydrogen-bond donors (Lipinski definition) is 3. The van der Waals surface area contributed by atoms with Gasteiger partial charge in [0.1, 0.15) is 7.85 Å². The van der Waals surface area contributed by atoms with Crippen molar-refractivity contribution < 1.29 is 14.7 Å². The highest BCUT2D eigenvalue weighted by Gasteiger charge is 2.19. The third-order valence-corrected chi connectivity index (χ3v) is 5.36. The van der Waals surface area contributed by atoms with E-state index in [-0.39, 0.29) is 18.7 Å². The van der Waals surface area contributed by atoms with Gasteiger partial charge in [0.25, 0.3) is 0 Å². The molecule has 2 rings (SSSR count). The summed E-state index contributed by atoms with van der Waals surface area (Å²) in [5.74, 6) is -0.849. The molecule has 1 atom stereocenters. The van der Waals surface area contributed by atoms with E-state index >= 15 is 0 Å². The van der Waals surface area contributed by atoms with E-state index in [4.69, 9.17) is 18.4 Å². The number of carboxylic acid groups (broad SMARTS) is 1. The van der Waals surface area contributed by atoms with Gasteiger partial charge in [-0.2, -0.15) is 0 Å². The molecule has 0 saturated carbocycles. The van der Waals surface area contributed by atoms with Crippen molar-refractivity contribution in [2.75, 3.05) is 0 Å². The van der Waals surface area contributed by atoms with Crippen LogP contribution in [0.2, 0.25) is 0 Å². The van der Waals surface area contributed by atoms with Gasteiger partial charge in [-0.15, -0.1) is 0 Å². The lowest BCUT2D eigenvalue weighted by atomic mass is 9.90. The molecule has 2 aromatic rings. The number of nitrogens with one attached hydrogen (secondary N) is 2. The smallest absolute Gasteiger partial charge is 0.303 e. The Labute approximate surface area is 179 Å². The van der Waals surface area contributed by atoms with Crippen LogP contribution in [0.4, 0.5) is 0 Å². The molecular formula is C24H29BN2O3. The van der Waals surface area contributed by atoms with Crippen molar-refractivity contribution in [3.05, 3.63) is 65.2 Å². The first-order valence-corrected chi connectivity index (χ1v) is 10.4. The summed E-state index contributed by atoms with van der Waals surface area (Å²) in [6, 6.07) is 14.8. The predicted octanol–water partition coefficient (Wildman–Crippen LogP) is 3.86. The molecule has 2 radical (unpaired) electrons. The average Bonchev–Trinajstić information content (AvgIpc) is 2.73. The summed E-state index contributed by atoms with van der Waals surface area (Å²) in [6.45, 7) is 4.34. The Hall–Kier alpha value is -2.89. The van der Waals surface area contributed by atoms with Crippen LogP contribution in [-0.4, -0.2) is 30.5 Å². The first-order valence-electron chi connectivity index (χ1n) is 10.4. The van der Waals surface area contributed by atoms with Crippen molar-refractivity contribution in [1.82, 2.24) is 5.32 Å². The van der Waals surface area contributed by atoms with Crippen LogP contribution in [0.1, 0.15) is 74.6 Å². The normalized spacial score (nSPS) is 11.8. The minimum atomic E-state index is -1.01. The van der Waals surface area contributed by atoms with Crippen molar-refractivity contribution in [3.8, 4) is 0 Å². The van der Waals surface area contributed by atoms with Gasteiger partial charge in [-0.25, -0.2) is 0 Å². The molecular weight excluding hydrogens is 375 g/mol. The van der Waals surface area contributed by atoms with Crippen molar-refractivity contribution in [1.29, 1.82) is 5.41 Å². The molecule has 0 saturated heterocycles. The van der Waals surface area contributed by atoms with E-state index in [1.807, 2.05) is 12.1 Å². The third-order valence-electron chi connectivity index (χ3n) is 5.36. The molecule has 0 aliphatic rings. The second kappa shape index (κ2) is 11.3. The zero-order valence-electron chi connectivity index (χ0n) is 17.7. The highest BCUT2D eigenvalue weighted by molar-refractivity contribution is 6.32. The zero-order chi connectivity index (χ0) is 22.1. The first kappa shape index (κ1) is 23.4. The van der Waals surface area contributed by atoms with Crippen LogP contribution in [0.3, 0.4) is 0 Å². The summed E-state index contributed by atoms with van der Waals surface area (Å²) < 4.78 is 0. The van der Waals surface area contributed by atoms with E-state index in [0.717, 1.165) is 24.0 Å². The zero-order valence-corrected chi connectivity index (χ0v) is 17.7. The maximum absolute atomic E-state index is 12.3. The Balaban J connectivity index is 2.21. The topological polar surface area (TPSA) is 90.3 Å². The number of hydrogen-bond acceptors (Lipinski definition) is 3. The third kappa shape index (κ3) is 6.87. The second-order valence-corrected chi connectivity index (χ2v) is 7.50. The van der Waals surface area contributed by atoms with Crippen LogP contribution < -0.4 is 10.8 Å². The van der Waals surface area contributed by atoms with Gasteiger partial charge in [0, 0.05) is 18.6 Å². The fourth-order valence-electron chi connectivity index (χ4n) is 3.51. The van der Waals surface area contributed by atoms with Crippen LogP contribution >= 0.6 is 0 Å². The van der Waals surface area contributed by atoms with Crippen LogP contribution in [-0.2, 0) is 9.59 Å². The predicted molar refractivity (Wildman–Crippen MR) is 121 cm³/mol. The van der Waals surface area contributed by atoms with E-state index in [9.17, 15) is 9.59 Å². The molecule has 0 aliphatic heterocycles. The molecule has 3 N–H and O–H groups in total. The highest BCUT2D eigenvalue weighted by atomic mass is 16.4.